The van der Waals surface area contributed by atoms with Crippen molar-refractivity contribution in [3.05, 3.63) is 0 Å². The van der Waals surface area contributed by atoms with Gasteiger partial charge in [0.05, 0.1) is 6.04 Å². The van der Waals surface area contributed by atoms with E-state index in [0.29, 0.717) is 12.0 Å². The number of amides is 1. The number of rotatable bonds is 1. The van der Waals surface area contributed by atoms with E-state index in [1.54, 1.807) is 6.92 Å². The van der Waals surface area contributed by atoms with Crippen LogP contribution < -0.4 is 5.73 Å². The van der Waals surface area contributed by atoms with Crippen LogP contribution >= 0.6 is 0 Å². The highest BCUT2D eigenvalue weighted by Crippen LogP contribution is 2.22. The number of carbonyl (C=O) groups is 1. The highest BCUT2D eigenvalue weighted by atomic mass is 16.2. The molecule has 0 saturated carbocycles. The summed E-state index contributed by atoms with van der Waals surface area (Å²) in [5.41, 5.74) is 5.55. The first-order valence-electron chi connectivity index (χ1n) is 4.61. The maximum Gasteiger partial charge on any atom is 0.239 e. The summed E-state index contributed by atoms with van der Waals surface area (Å²) in [5.74, 6) is 0.464. The average Bonchev–Trinajstić information content (AvgIpc) is 2.30. The van der Waals surface area contributed by atoms with Crippen LogP contribution in [0, 0.1) is 0 Å². The summed E-state index contributed by atoms with van der Waals surface area (Å²) in [7, 11) is 2.09. The van der Waals surface area contributed by atoms with Gasteiger partial charge < -0.3 is 10.6 Å². The molecule has 1 fully saturated rings. The molecule has 1 rings (SSSR count). The molecule has 1 saturated heterocycles. The van der Waals surface area contributed by atoms with Crippen LogP contribution in [-0.4, -0.2) is 36.7 Å². The fraction of sp³-hybridized carbons (Fsp3) is 0.875. The molecule has 1 unspecified atom stereocenters. The predicted molar refractivity (Wildman–Crippen MR) is 51.5 cm³/mol. The van der Waals surface area contributed by atoms with Gasteiger partial charge in [-0.1, -0.05) is 0 Å². The van der Waals surface area contributed by atoms with Gasteiger partial charge in [0.15, 0.2) is 0 Å². The van der Waals surface area contributed by atoms with Crippen LogP contribution in [-0.2, 0) is 4.79 Å². The van der Waals surface area contributed by atoms with E-state index in [4.69, 9.17) is 5.73 Å². The Bertz CT molecular complexity index is 174. The average molecular weight is 168 g/mol. The topological polar surface area (TPSA) is 46.3 Å². The van der Waals surface area contributed by atoms with Crippen molar-refractivity contribution in [2.24, 2.45) is 5.73 Å². The van der Waals surface area contributed by atoms with E-state index in [-0.39, 0.29) is 11.9 Å². The molecule has 1 amide bonds. The molecule has 3 atom stereocenters. The number of nitrogens with zero attached hydrogens (tertiary/aromatic N) is 1. The van der Waals surface area contributed by atoms with Crippen molar-refractivity contribution in [3.8, 4) is 0 Å². The van der Waals surface area contributed by atoms with Crippen molar-refractivity contribution in [1.29, 1.82) is 0 Å². The molecule has 1 aliphatic heterocycles. The minimum atomic E-state index is -0.354. The van der Waals surface area contributed by atoms with Gasteiger partial charge in [-0.15, -0.1) is 0 Å². The van der Waals surface area contributed by atoms with Crippen LogP contribution in [0.2, 0.25) is 0 Å². The van der Waals surface area contributed by atoms with Gasteiger partial charge in [0.25, 0.3) is 0 Å². The van der Waals surface area contributed by atoms with Crippen LogP contribution in [0.5, 0.6) is 0 Å². The summed E-state index contributed by atoms with van der Waals surface area (Å²) < 4.78 is 0. The zero-order valence-corrected chi connectivity index (χ0v) is 8.08. The van der Waals surface area contributed by atoms with E-state index in [0.717, 1.165) is 12.8 Å². The quantitative estimate of drug-likeness (QED) is 0.526. The second kappa shape index (κ2) is 3.48. The summed E-state index contributed by atoms with van der Waals surface area (Å²) in [6, 6.07) is 0.0199. The molecule has 1 aliphatic rings. The minimum Gasteiger partial charge on any atom is -0.344 e. The van der Waals surface area contributed by atoms with Crippen LogP contribution in [0.25, 0.3) is 0 Å². The Morgan fingerprint density at radius 3 is 2.58 bits per heavy atom. The molecule has 4 heteroatoms. The maximum atomic E-state index is 11.6. The first-order valence-corrected chi connectivity index (χ1v) is 4.61. The standard InChI is InChI=1S/C8H17BN2O/c1-5-3-4-7(9)11(5)8(12)6(2)10/h5-7H,3-4,9-10H2,1-2H3/t5?,6-,7-/m0/s1. The molecule has 1 heterocycles. The zero-order chi connectivity index (χ0) is 9.30. The molecule has 0 aromatic rings. The molecule has 3 nitrogen and oxygen atoms in total. The van der Waals surface area contributed by atoms with Gasteiger partial charge in [0, 0.05) is 12.0 Å². The smallest absolute Gasteiger partial charge is 0.239 e. The molecule has 0 aromatic heterocycles. The van der Waals surface area contributed by atoms with Crippen molar-refractivity contribution in [3.63, 3.8) is 0 Å². The van der Waals surface area contributed by atoms with Gasteiger partial charge in [-0.25, -0.2) is 0 Å². The van der Waals surface area contributed by atoms with Gasteiger partial charge in [-0.3, -0.25) is 4.79 Å². The summed E-state index contributed by atoms with van der Waals surface area (Å²) >= 11 is 0. The third-order valence-electron chi connectivity index (χ3n) is 2.60. The molecule has 0 radical (unpaired) electrons. The zero-order valence-electron chi connectivity index (χ0n) is 8.08. The fourth-order valence-electron chi connectivity index (χ4n) is 1.86. The van der Waals surface area contributed by atoms with Crippen molar-refractivity contribution in [2.75, 3.05) is 0 Å². The molecule has 68 valence electrons. The van der Waals surface area contributed by atoms with E-state index in [1.807, 2.05) is 4.90 Å². The van der Waals surface area contributed by atoms with Crippen molar-refractivity contribution in [2.45, 2.75) is 44.7 Å². The van der Waals surface area contributed by atoms with Gasteiger partial charge in [-0.2, -0.15) is 0 Å². The second-order valence-corrected chi connectivity index (χ2v) is 3.81. The number of nitrogens with two attached hydrogens (primary N) is 1. The van der Waals surface area contributed by atoms with Crippen LogP contribution in [0.15, 0.2) is 0 Å². The molecule has 2 N–H and O–H groups in total. The summed E-state index contributed by atoms with van der Waals surface area (Å²) in [4.78, 5) is 13.5. The number of hydrogen-bond donors (Lipinski definition) is 1. The SMILES string of the molecule is B[C@@H]1CCC(C)N1C(=O)[C@H](C)N. The highest BCUT2D eigenvalue weighted by Gasteiger charge is 2.32. The van der Waals surface area contributed by atoms with E-state index in [1.165, 1.54) is 0 Å². The lowest BCUT2D eigenvalue weighted by Gasteiger charge is -2.28. The Kier molecular flexibility index (Phi) is 2.78. The summed E-state index contributed by atoms with van der Waals surface area (Å²) in [6.07, 6.45) is 2.22. The van der Waals surface area contributed by atoms with Gasteiger partial charge >= 0.3 is 0 Å². The molecular weight excluding hydrogens is 151 g/mol. The molecule has 12 heavy (non-hydrogen) atoms. The van der Waals surface area contributed by atoms with E-state index in [2.05, 4.69) is 14.8 Å². The molecule has 0 aliphatic carbocycles. The molecular formula is C8H17BN2O. The first-order chi connectivity index (χ1) is 5.54. The van der Waals surface area contributed by atoms with Gasteiger partial charge in [0.1, 0.15) is 7.85 Å². The number of carbonyl (C=O) groups excluding carboxylic acids is 1. The van der Waals surface area contributed by atoms with E-state index in [9.17, 15) is 4.79 Å². The van der Waals surface area contributed by atoms with Gasteiger partial charge in [-0.05, 0) is 26.7 Å². The van der Waals surface area contributed by atoms with Crippen LogP contribution in [0.3, 0.4) is 0 Å². The largest absolute Gasteiger partial charge is 0.344 e. The fourth-order valence-corrected chi connectivity index (χ4v) is 1.86. The lowest BCUT2D eigenvalue weighted by atomic mass is 9.94. The van der Waals surface area contributed by atoms with Gasteiger partial charge in [0.2, 0.25) is 5.91 Å². The Morgan fingerprint density at radius 1 is 1.67 bits per heavy atom. The van der Waals surface area contributed by atoms with Crippen molar-refractivity contribution in [1.82, 2.24) is 4.90 Å². The van der Waals surface area contributed by atoms with Crippen LogP contribution in [0.4, 0.5) is 0 Å². The summed E-state index contributed by atoms with van der Waals surface area (Å²) in [6.45, 7) is 3.84. The minimum absolute atomic E-state index is 0.0903. The Balaban J connectivity index is 2.66. The van der Waals surface area contributed by atoms with Crippen molar-refractivity contribution < 1.29 is 4.79 Å². The van der Waals surface area contributed by atoms with E-state index >= 15 is 0 Å². The lowest BCUT2D eigenvalue weighted by molar-refractivity contribution is -0.133. The predicted octanol–water partition coefficient (Wildman–Crippen LogP) is -0.696. The molecule has 0 bridgehead atoms. The third-order valence-corrected chi connectivity index (χ3v) is 2.60. The van der Waals surface area contributed by atoms with Crippen molar-refractivity contribution >= 4 is 13.8 Å². The molecule has 0 aromatic carbocycles. The Labute approximate surface area is 74.7 Å². The maximum absolute atomic E-state index is 11.6. The van der Waals surface area contributed by atoms with Crippen LogP contribution in [0.1, 0.15) is 26.7 Å². The lowest BCUT2D eigenvalue weighted by Crippen LogP contribution is -2.47. The Morgan fingerprint density at radius 2 is 2.25 bits per heavy atom. The first kappa shape index (κ1) is 9.58. The normalized spacial score (nSPS) is 32.1. The van der Waals surface area contributed by atoms with E-state index < -0.39 is 0 Å². The second-order valence-electron chi connectivity index (χ2n) is 3.81. The monoisotopic (exact) mass is 168 g/mol. The Hall–Kier alpha value is -0.505. The summed E-state index contributed by atoms with van der Waals surface area (Å²) in [5, 5.41) is 0. The number of hydrogen-bond acceptors (Lipinski definition) is 2. The number of likely N-dealkylation sites (tertiary alicyclic amines) is 1. The molecule has 0 spiro atoms. The third kappa shape index (κ3) is 1.63. The highest BCUT2D eigenvalue weighted by molar-refractivity contribution is 6.13.